The molecule has 1 atom stereocenters. The van der Waals surface area contributed by atoms with Crippen LogP contribution in [0.5, 0.6) is 0 Å². The molecule has 54 heavy (non-hydrogen) atoms. The molecule has 5 aromatic rings. The Bertz CT molecular complexity index is 2210. The lowest BCUT2D eigenvalue weighted by atomic mass is 9.30. The topological polar surface area (TPSA) is 3.24 Å². The van der Waals surface area contributed by atoms with Gasteiger partial charge >= 0.3 is 0 Å². The highest BCUT2D eigenvalue weighted by atomic mass is 15.1. The van der Waals surface area contributed by atoms with E-state index in [0.29, 0.717) is 0 Å². The van der Waals surface area contributed by atoms with Gasteiger partial charge in [0.1, 0.15) is 0 Å². The van der Waals surface area contributed by atoms with Crippen LogP contribution in [0.1, 0.15) is 153 Å². The normalized spacial score (nSPS) is 17.9. The first-order chi connectivity index (χ1) is 25.5. The molecule has 5 aromatic carbocycles. The molecule has 0 spiro atoms. The maximum Gasteiger partial charge on any atom is 0.247 e. The van der Waals surface area contributed by atoms with Crippen molar-refractivity contribution < 1.29 is 0 Å². The maximum absolute atomic E-state index is 2.74. The minimum atomic E-state index is -0.00792. The molecule has 1 nitrogen and oxygen atoms in total. The van der Waals surface area contributed by atoms with E-state index in [2.05, 4.69) is 178 Å². The Morgan fingerprint density at radius 3 is 1.89 bits per heavy atom. The van der Waals surface area contributed by atoms with Gasteiger partial charge in [0.25, 0.3) is 0 Å². The minimum Gasteiger partial charge on any atom is -0.342 e. The van der Waals surface area contributed by atoms with Crippen molar-refractivity contribution in [3.63, 3.8) is 0 Å². The molecule has 2 heterocycles. The zero-order chi connectivity index (χ0) is 38.4. The van der Waals surface area contributed by atoms with E-state index in [-0.39, 0.29) is 34.3 Å². The Morgan fingerprint density at radius 2 is 1.24 bits per heavy atom. The molecule has 0 bridgehead atoms. The second-order valence-electron chi connectivity index (χ2n) is 20.2. The predicted molar refractivity (Wildman–Crippen MR) is 236 cm³/mol. The first kappa shape index (κ1) is 36.9. The van der Waals surface area contributed by atoms with Gasteiger partial charge in [-0.2, -0.15) is 0 Å². The van der Waals surface area contributed by atoms with Gasteiger partial charge in [-0.25, -0.2) is 0 Å². The molecule has 0 radical (unpaired) electrons. The molecule has 2 aliphatic heterocycles. The van der Waals surface area contributed by atoms with Crippen LogP contribution < -0.4 is 21.3 Å². The Morgan fingerprint density at radius 1 is 0.611 bits per heavy atom. The van der Waals surface area contributed by atoms with Gasteiger partial charge in [-0.15, -0.1) is 0 Å². The summed E-state index contributed by atoms with van der Waals surface area (Å²) in [5.74, 6) is 0.0955. The van der Waals surface area contributed by atoms with Crippen LogP contribution in [0.4, 0.5) is 11.4 Å². The lowest BCUT2D eigenvalue weighted by molar-refractivity contribution is 0.320. The van der Waals surface area contributed by atoms with Crippen LogP contribution >= 0.6 is 0 Å². The van der Waals surface area contributed by atoms with Gasteiger partial charge < -0.3 is 4.90 Å². The molecular formula is C52H62BN. The van der Waals surface area contributed by atoms with Crippen LogP contribution in [0, 0.1) is 0 Å². The van der Waals surface area contributed by atoms with Gasteiger partial charge in [0, 0.05) is 23.8 Å². The molecule has 0 N–H and O–H groups in total. The largest absolute Gasteiger partial charge is 0.342 e. The Labute approximate surface area is 327 Å². The lowest BCUT2D eigenvalue weighted by Gasteiger charge is -2.47. The van der Waals surface area contributed by atoms with Crippen molar-refractivity contribution in [2.45, 2.75) is 136 Å². The van der Waals surface area contributed by atoms with Gasteiger partial charge in [0.15, 0.2) is 0 Å². The molecule has 1 unspecified atom stereocenters. The van der Waals surface area contributed by atoms with Crippen molar-refractivity contribution in [3.05, 3.63) is 136 Å². The number of nitrogens with zero attached hydrogens (tertiary/aromatic N) is 1. The fourth-order valence-corrected chi connectivity index (χ4v) is 10.2. The van der Waals surface area contributed by atoms with Crippen LogP contribution in [-0.2, 0) is 21.7 Å². The monoisotopic (exact) mass is 711 g/mol. The minimum absolute atomic E-state index is 0.00792. The number of benzene rings is 5. The summed E-state index contributed by atoms with van der Waals surface area (Å²) < 4.78 is 0. The van der Waals surface area contributed by atoms with E-state index in [1.54, 1.807) is 5.56 Å². The van der Waals surface area contributed by atoms with E-state index in [4.69, 9.17) is 0 Å². The highest BCUT2D eigenvalue weighted by molar-refractivity contribution is 6.99. The number of fused-ring (bicyclic) bond motifs is 4. The Kier molecular flexibility index (Phi) is 8.91. The van der Waals surface area contributed by atoms with Crippen LogP contribution in [-0.4, -0.2) is 13.3 Å². The predicted octanol–water partition coefficient (Wildman–Crippen LogP) is 11.9. The fourth-order valence-electron chi connectivity index (χ4n) is 10.2. The summed E-state index contributed by atoms with van der Waals surface area (Å²) >= 11 is 0. The number of rotatable bonds is 4. The molecule has 1 fully saturated rings. The SMILES string of the molecule is CCN1c2cc(C(C)(C)C)cc3c2B(c2ccc(C(C)(C)C)cc2C3c2ccc(C(C)(C)C)cc2-c2ccccc2)c2cccc(C3(C)CCCCC3)c21. The number of para-hydroxylation sites is 1. The molecular weight excluding hydrogens is 649 g/mol. The Hall–Kier alpha value is -4.04. The van der Waals surface area contributed by atoms with Gasteiger partial charge in [-0.05, 0) is 108 Å². The van der Waals surface area contributed by atoms with E-state index < -0.39 is 0 Å². The Balaban J connectivity index is 1.50. The third-order valence-electron chi connectivity index (χ3n) is 13.4. The van der Waals surface area contributed by atoms with Gasteiger partial charge in [0.05, 0.1) is 0 Å². The van der Waals surface area contributed by atoms with Gasteiger partial charge in [0.2, 0.25) is 6.71 Å². The van der Waals surface area contributed by atoms with Crippen molar-refractivity contribution >= 4 is 34.5 Å². The molecule has 1 aliphatic carbocycles. The maximum atomic E-state index is 2.74. The second-order valence-corrected chi connectivity index (χ2v) is 20.2. The van der Waals surface area contributed by atoms with Gasteiger partial charge in [-0.1, -0.05) is 185 Å². The first-order valence-electron chi connectivity index (χ1n) is 20.9. The van der Waals surface area contributed by atoms with Crippen molar-refractivity contribution in [2.24, 2.45) is 0 Å². The quantitative estimate of drug-likeness (QED) is 0.165. The smallest absolute Gasteiger partial charge is 0.247 e. The average molecular weight is 712 g/mol. The van der Waals surface area contributed by atoms with E-state index in [1.807, 2.05) is 0 Å². The molecule has 278 valence electrons. The van der Waals surface area contributed by atoms with E-state index >= 15 is 0 Å². The summed E-state index contributed by atoms with van der Waals surface area (Å²) in [6, 6.07) is 38.8. The summed E-state index contributed by atoms with van der Waals surface area (Å²) in [6.07, 6.45) is 6.54. The second kappa shape index (κ2) is 13.0. The van der Waals surface area contributed by atoms with Crippen molar-refractivity contribution in [2.75, 3.05) is 11.4 Å². The number of hydrogen-bond donors (Lipinski definition) is 0. The summed E-state index contributed by atoms with van der Waals surface area (Å²) in [6.45, 7) is 27.4. The van der Waals surface area contributed by atoms with Crippen LogP contribution in [0.3, 0.4) is 0 Å². The van der Waals surface area contributed by atoms with Crippen molar-refractivity contribution in [1.29, 1.82) is 0 Å². The van der Waals surface area contributed by atoms with Crippen LogP contribution in [0.2, 0.25) is 0 Å². The van der Waals surface area contributed by atoms with Crippen LogP contribution in [0.25, 0.3) is 11.1 Å². The average Bonchev–Trinajstić information content (AvgIpc) is 3.13. The fraction of sp³-hybridized carbons (Fsp3) is 0.423. The summed E-state index contributed by atoms with van der Waals surface area (Å²) in [5.41, 5.74) is 20.4. The number of hydrogen-bond acceptors (Lipinski definition) is 1. The highest BCUT2D eigenvalue weighted by Crippen LogP contribution is 2.49. The molecule has 8 rings (SSSR count). The van der Waals surface area contributed by atoms with Gasteiger partial charge in [-0.3, -0.25) is 0 Å². The molecule has 0 amide bonds. The van der Waals surface area contributed by atoms with Crippen molar-refractivity contribution in [3.8, 4) is 11.1 Å². The summed E-state index contributed by atoms with van der Waals surface area (Å²) in [7, 11) is 0. The van der Waals surface area contributed by atoms with E-state index in [9.17, 15) is 0 Å². The standard InChI is InChI=1S/C52H62BN/c1-12-54-45-33-37(51(8,9)10)32-41-46(38-26-24-35(49(2,3)4)30-39(38)34-20-15-13-16-21-34)40-31-36(50(5,6)7)25-27-43(40)53(47(41)45)44-23-19-22-42(48(44)54)52(11)28-17-14-18-29-52/h13,15-16,19-27,30-33,46H,12,14,17-18,28-29H2,1-11H3. The molecule has 2 heteroatoms. The molecule has 3 aliphatic rings. The zero-order valence-corrected chi connectivity index (χ0v) is 35.1. The van der Waals surface area contributed by atoms with Crippen molar-refractivity contribution in [1.82, 2.24) is 0 Å². The summed E-state index contributed by atoms with van der Waals surface area (Å²) in [4.78, 5) is 2.74. The molecule has 0 saturated heterocycles. The first-order valence-corrected chi connectivity index (χ1v) is 20.9. The third kappa shape index (κ3) is 6.08. The highest BCUT2D eigenvalue weighted by Gasteiger charge is 2.46. The lowest BCUT2D eigenvalue weighted by Crippen LogP contribution is -2.63. The summed E-state index contributed by atoms with van der Waals surface area (Å²) in [5, 5.41) is 0. The zero-order valence-electron chi connectivity index (χ0n) is 35.1. The number of anilines is 2. The van der Waals surface area contributed by atoms with E-state index in [0.717, 1.165) is 6.54 Å². The van der Waals surface area contributed by atoms with Crippen LogP contribution in [0.15, 0.2) is 97.1 Å². The third-order valence-corrected chi connectivity index (χ3v) is 13.4. The van der Waals surface area contributed by atoms with E-state index in [1.165, 1.54) is 104 Å². The molecule has 0 aromatic heterocycles. The molecule has 1 saturated carbocycles.